The van der Waals surface area contributed by atoms with Crippen LogP contribution < -0.4 is 15.0 Å². The molecule has 62 heavy (non-hydrogen) atoms. The largest absolute Gasteiger partial charge is 0.476 e. The Balaban J connectivity index is 1.28. The first kappa shape index (κ1) is 46.8. The van der Waals surface area contributed by atoms with Crippen LogP contribution in [-0.2, 0) is 30.7 Å². The van der Waals surface area contributed by atoms with Gasteiger partial charge in [0.25, 0.3) is 17.7 Å². The Morgan fingerprint density at radius 1 is 0.984 bits per heavy atom. The molecular formula is C44H55ClF5N5O7. The average Bonchev–Trinajstić information content (AvgIpc) is 4.11. The highest BCUT2D eigenvalue weighted by Gasteiger charge is 2.55. The fourth-order valence-corrected chi connectivity index (χ4v) is 8.70. The zero-order valence-electron chi connectivity index (χ0n) is 36.0. The van der Waals surface area contributed by atoms with Gasteiger partial charge in [0.2, 0.25) is 5.91 Å². The summed E-state index contributed by atoms with van der Waals surface area (Å²) in [5, 5.41) is 2.57. The zero-order valence-corrected chi connectivity index (χ0v) is 36.8. The van der Waals surface area contributed by atoms with Crippen LogP contribution in [0.25, 0.3) is 0 Å². The van der Waals surface area contributed by atoms with Crippen LogP contribution in [0.1, 0.15) is 115 Å². The number of amides is 5. The van der Waals surface area contributed by atoms with Crippen molar-refractivity contribution in [1.29, 1.82) is 0 Å². The van der Waals surface area contributed by atoms with Gasteiger partial charge < -0.3 is 34.4 Å². The van der Waals surface area contributed by atoms with E-state index < -0.39 is 95.4 Å². The number of ether oxygens (including phenoxy) is 2. The van der Waals surface area contributed by atoms with E-state index in [1.54, 1.807) is 46.8 Å². The lowest BCUT2D eigenvalue weighted by Crippen LogP contribution is -2.58. The summed E-state index contributed by atoms with van der Waals surface area (Å²) >= 11 is 6.14. The number of carbonyl (C=O) groups excluding carboxylic acids is 5. The van der Waals surface area contributed by atoms with E-state index in [0.29, 0.717) is 49.7 Å². The van der Waals surface area contributed by atoms with Crippen molar-refractivity contribution in [3.8, 4) is 5.75 Å². The van der Waals surface area contributed by atoms with Gasteiger partial charge in [0.1, 0.15) is 11.4 Å². The first-order valence-corrected chi connectivity index (χ1v) is 21.4. The first-order valence-electron chi connectivity index (χ1n) is 21.1. The molecule has 0 radical (unpaired) electrons. The second-order valence-corrected chi connectivity index (χ2v) is 18.9. The van der Waals surface area contributed by atoms with Crippen LogP contribution in [0.4, 0.5) is 32.4 Å². The van der Waals surface area contributed by atoms with E-state index in [-0.39, 0.29) is 29.9 Å². The van der Waals surface area contributed by atoms with Crippen molar-refractivity contribution >= 4 is 47.0 Å². The van der Waals surface area contributed by atoms with Crippen LogP contribution in [0.2, 0.25) is 5.02 Å². The predicted octanol–water partition coefficient (Wildman–Crippen LogP) is 7.98. The average molecular weight is 896 g/mol. The van der Waals surface area contributed by atoms with E-state index in [9.17, 15) is 45.9 Å². The molecule has 2 heterocycles. The number of rotatable bonds is 13. The summed E-state index contributed by atoms with van der Waals surface area (Å²) in [4.78, 5) is 73.8. The minimum Gasteiger partial charge on any atom is -0.476 e. The molecule has 5 amide bonds. The van der Waals surface area contributed by atoms with Gasteiger partial charge in [-0.05, 0) is 123 Å². The standard InChI is InChI=1S/C44H55ClF5N5O7/c1-25(2)55(37(57)31-22-33-34(23-32(31)44(48,49)50)61-42(6,7)38(58)53(33)21-19-51-36(56)35(46)47)30-15-14-29(54(24-30)40(60)62-41(3,4)5)16-20-52(28-12-13-28)39(59)43(17-18-43)26-8-10-27(45)11-9-26/h8-11,22-23,25,28-30,35H,12-21,24H2,1-7H3,(H,51,56)/t29-,30-/m1/s1. The number of fused-ring (bicyclic) bond motifs is 1. The quantitative estimate of drug-likeness (QED) is 0.202. The molecule has 0 bridgehead atoms. The SMILES string of the molecule is CC(C)N(C(=O)c1cc2c(cc1C(F)(F)F)OC(C)(C)C(=O)N2CCNC(=O)C(F)F)[C@@H]1CC[C@H](CCN(C(=O)C2(c3ccc(Cl)cc3)CC2)C2CC2)N(C(=O)OC(C)(C)C)C1. The van der Waals surface area contributed by atoms with Crippen molar-refractivity contribution in [3.63, 3.8) is 0 Å². The molecule has 12 nitrogen and oxygen atoms in total. The highest BCUT2D eigenvalue weighted by Crippen LogP contribution is 2.51. The Morgan fingerprint density at radius 2 is 1.61 bits per heavy atom. The molecule has 1 saturated heterocycles. The number of benzene rings is 2. The normalized spacial score (nSPS) is 20.7. The molecule has 0 aromatic heterocycles. The van der Waals surface area contributed by atoms with E-state index in [1.807, 2.05) is 22.3 Å². The fraction of sp³-hybridized carbons (Fsp3) is 0.614. The Labute approximate surface area is 363 Å². The predicted molar refractivity (Wildman–Crippen MR) is 220 cm³/mol. The fourth-order valence-electron chi connectivity index (χ4n) is 8.58. The molecular weight excluding hydrogens is 841 g/mol. The van der Waals surface area contributed by atoms with Crippen LogP contribution >= 0.6 is 11.6 Å². The number of hydrogen-bond acceptors (Lipinski definition) is 7. The molecule has 1 N–H and O–H groups in total. The molecule has 340 valence electrons. The van der Waals surface area contributed by atoms with Gasteiger partial charge in [0, 0.05) is 49.3 Å². The maximum absolute atomic E-state index is 14.9. The number of piperidine rings is 1. The summed E-state index contributed by atoms with van der Waals surface area (Å²) in [5.41, 5.74) is -4.62. The lowest BCUT2D eigenvalue weighted by Gasteiger charge is -2.46. The summed E-state index contributed by atoms with van der Waals surface area (Å²) in [6, 6.07) is 7.09. The van der Waals surface area contributed by atoms with Crippen LogP contribution in [0.5, 0.6) is 5.75 Å². The number of carbonyl (C=O) groups is 5. The topological polar surface area (TPSA) is 129 Å². The van der Waals surface area contributed by atoms with Crippen LogP contribution in [0.15, 0.2) is 36.4 Å². The van der Waals surface area contributed by atoms with Crippen molar-refractivity contribution in [2.75, 3.05) is 31.1 Å². The van der Waals surface area contributed by atoms with Gasteiger partial charge in [0.05, 0.1) is 28.3 Å². The van der Waals surface area contributed by atoms with Crippen molar-refractivity contribution in [3.05, 3.63) is 58.1 Å². The summed E-state index contributed by atoms with van der Waals surface area (Å²) in [6.07, 6.45) is -4.84. The van der Waals surface area contributed by atoms with Gasteiger partial charge in [-0.3, -0.25) is 19.2 Å². The molecule has 4 aliphatic rings. The van der Waals surface area contributed by atoms with Gasteiger partial charge in [0.15, 0.2) is 5.60 Å². The van der Waals surface area contributed by atoms with Gasteiger partial charge in [-0.2, -0.15) is 22.0 Å². The molecule has 2 atom stereocenters. The smallest absolute Gasteiger partial charge is 0.417 e. The Bertz CT molecular complexity index is 2050. The number of nitrogens with zero attached hydrogens (tertiary/aromatic N) is 4. The molecule has 6 rings (SSSR count). The summed E-state index contributed by atoms with van der Waals surface area (Å²) in [6.45, 7) is 10.5. The molecule has 18 heteroatoms. The van der Waals surface area contributed by atoms with E-state index in [2.05, 4.69) is 0 Å². The van der Waals surface area contributed by atoms with Gasteiger partial charge in [-0.15, -0.1) is 0 Å². The van der Waals surface area contributed by atoms with Gasteiger partial charge >= 0.3 is 18.7 Å². The van der Waals surface area contributed by atoms with E-state index >= 15 is 0 Å². The zero-order chi connectivity index (χ0) is 45.7. The number of halogens is 6. The van der Waals surface area contributed by atoms with Gasteiger partial charge in [-0.25, -0.2) is 4.79 Å². The van der Waals surface area contributed by atoms with E-state index in [0.717, 1.165) is 29.4 Å². The molecule has 2 aliphatic carbocycles. The van der Waals surface area contributed by atoms with Crippen molar-refractivity contribution < 1.29 is 55.4 Å². The maximum Gasteiger partial charge on any atom is 0.417 e. The third kappa shape index (κ3) is 10.1. The summed E-state index contributed by atoms with van der Waals surface area (Å²) < 4.78 is 82.2. The monoisotopic (exact) mass is 895 g/mol. The van der Waals surface area contributed by atoms with Crippen molar-refractivity contribution in [2.45, 2.75) is 147 Å². The lowest BCUT2D eigenvalue weighted by molar-refractivity contribution is -0.138. The third-order valence-electron chi connectivity index (χ3n) is 11.9. The number of anilines is 1. The van der Waals surface area contributed by atoms with Crippen LogP contribution in [0.3, 0.4) is 0 Å². The molecule has 3 fully saturated rings. The number of hydrogen-bond donors (Lipinski definition) is 1. The Morgan fingerprint density at radius 3 is 2.16 bits per heavy atom. The second kappa shape index (κ2) is 17.5. The van der Waals surface area contributed by atoms with E-state index in [4.69, 9.17) is 21.1 Å². The minimum atomic E-state index is -5.06. The summed E-state index contributed by atoms with van der Waals surface area (Å²) in [7, 11) is 0. The lowest BCUT2D eigenvalue weighted by atomic mass is 9.92. The van der Waals surface area contributed by atoms with Crippen molar-refractivity contribution in [2.24, 2.45) is 0 Å². The second-order valence-electron chi connectivity index (χ2n) is 18.5. The van der Waals surface area contributed by atoms with Gasteiger partial charge in [-0.1, -0.05) is 23.7 Å². The highest BCUT2D eigenvalue weighted by molar-refractivity contribution is 6.30. The minimum absolute atomic E-state index is 0.0362. The Hall–Kier alpha value is -4.67. The van der Waals surface area contributed by atoms with Crippen LogP contribution in [-0.4, -0.2) is 112 Å². The molecule has 0 unspecified atom stereocenters. The Kier molecular flexibility index (Phi) is 13.2. The third-order valence-corrected chi connectivity index (χ3v) is 12.1. The molecule has 2 aromatic carbocycles. The molecule has 2 saturated carbocycles. The number of alkyl halides is 5. The molecule has 0 spiro atoms. The first-order chi connectivity index (χ1) is 28.8. The van der Waals surface area contributed by atoms with Crippen LogP contribution in [0, 0.1) is 0 Å². The van der Waals surface area contributed by atoms with Crippen molar-refractivity contribution in [1.82, 2.24) is 20.0 Å². The maximum atomic E-state index is 14.9. The summed E-state index contributed by atoms with van der Waals surface area (Å²) in [5.74, 6) is -3.68. The number of likely N-dealkylation sites (tertiary alicyclic amines) is 1. The molecule has 2 aromatic rings. The number of nitrogens with one attached hydrogen (secondary N) is 1. The highest BCUT2D eigenvalue weighted by atomic mass is 35.5. The molecule has 2 aliphatic heterocycles. The van der Waals surface area contributed by atoms with E-state index in [1.165, 1.54) is 23.6 Å².